The van der Waals surface area contributed by atoms with Crippen LogP contribution in [0.4, 0.5) is 0 Å². The standard InChI is InChI=1S/C9H9BrO2S/c10-8-3-1-7(2-4-8)9-12-5-6-13(9)11/h1-4,9H,5-6H2. The Kier molecular flexibility index (Phi) is 2.81. The number of hydrogen-bond acceptors (Lipinski definition) is 2. The molecule has 2 nitrogen and oxygen atoms in total. The first kappa shape index (κ1) is 9.37. The third-order valence-electron chi connectivity index (χ3n) is 1.93. The van der Waals surface area contributed by atoms with Crippen molar-refractivity contribution in [2.75, 3.05) is 12.4 Å². The first-order valence-corrected chi connectivity index (χ1v) is 6.19. The molecule has 4 heteroatoms. The smallest absolute Gasteiger partial charge is 0.157 e. The monoisotopic (exact) mass is 260 g/mol. The number of ether oxygens (including phenoxy) is 1. The van der Waals surface area contributed by atoms with E-state index in [0.29, 0.717) is 12.4 Å². The molecule has 0 amide bonds. The Morgan fingerprint density at radius 2 is 2.08 bits per heavy atom. The van der Waals surface area contributed by atoms with E-state index in [0.717, 1.165) is 10.0 Å². The Labute approximate surface area is 87.9 Å². The van der Waals surface area contributed by atoms with Gasteiger partial charge in [0.05, 0.1) is 23.2 Å². The maximum absolute atomic E-state index is 11.4. The molecular weight excluding hydrogens is 252 g/mol. The summed E-state index contributed by atoms with van der Waals surface area (Å²) < 4.78 is 17.8. The Bertz CT molecular complexity index is 323. The van der Waals surface area contributed by atoms with Crippen molar-refractivity contribution in [1.82, 2.24) is 0 Å². The molecule has 0 aromatic heterocycles. The van der Waals surface area contributed by atoms with Crippen LogP contribution in [0.2, 0.25) is 0 Å². The van der Waals surface area contributed by atoms with Crippen LogP contribution in [0, 0.1) is 0 Å². The van der Waals surface area contributed by atoms with Gasteiger partial charge in [0.15, 0.2) is 5.44 Å². The topological polar surface area (TPSA) is 26.3 Å². The first-order valence-electron chi connectivity index (χ1n) is 4.01. The van der Waals surface area contributed by atoms with E-state index in [1.165, 1.54) is 0 Å². The summed E-state index contributed by atoms with van der Waals surface area (Å²) in [6.45, 7) is 0.605. The summed E-state index contributed by atoms with van der Waals surface area (Å²) in [4.78, 5) is 0. The minimum Gasteiger partial charge on any atom is -0.359 e. The van der Waals surface area contributed by atoms with Crippen LogP contribution in [0.3, 0.4) is 0 Å². The maximum atomic E-state index is 11.4. The third-order valence-corrected chi connectivity index (χ3v) is 3.92. The highest BCUT2D eigenvalue weighted by molar-refractivity contribution is 9.10. The molecule has 1 aromatic rings. The molecule has 70 valence electrons. The SMILES string of the molecule is O=S1CCOC1c1ccc(Br)cc1. The Hall–Kier alpha value is -0.190. The highest BCUT2D eigenvalue weighted by Gasteiger charge is 2.25. The molecular formula is C9H9BrO2S. The molecule has 1 heterocycles. The summed E-state index contributed by atoms with van der Waals surface area (Å²) in [5.74, 6) is 0.654. The van der Waals surface area contributed by atoms with Crippen molar-refractivity contribution in [3.8, 4) is 0 Å². The van der Waals surface area contributed by atoms with Gasteiger partial charge in [-0.05, 0) is 17.7 Å². The number of rotatable bonds is 1. The van der Waals surface area contributed by atoms with Crippen LogP contribution in [-0.4, -0.2) is 16.6 Å². The van der Waals surface area contributed by atoms with Gasteiger partial charge in [-0.25, -0.2) is 0 Å². The van der Waals surface area contributed by atoms with Crippen molar-refractivity contribution in [3.63, 3.8) is 0 Å². The molecule has 0 radical (unpaired) electrons. The van der Waals surface area contributed by atoms with Gasteiger partial charge in [0.2, 0.25) is 0 Å². The molecule has 1 aliphatic rings. The minimum absolute atomic E-state index is 0.215. The second kappa shape index (κ2) is 3.90. The van der Waals surface area contributed by atoms with Crippen LogP contribution >= 0.6 is 15.9 Å². The molecule has 1 aromatic carbocycles. The zero-order valence-corrected chi connectivity index (χ0v) is 9.31. The van der Waals surface area contributed by atoms with Crippen LogP contribution in [0.1, 0.15) is 11.0 Å². The molecule has 1 saturated heterocycles. The van der Waals surface area contributed by atoms with Crippen molar-refractivity contribution >= 4 is 26.7 Å². The molecule has 13 heavy (non-hydrogen) atoms. The molecule has 1 aliphatic heterocycles. The van der Waals surface area contributed by atoms with Gasteiger partial charge in [-0.1, -0.05) is 28.1 Å². The lowest BCUT2D eigenvalue weighted by Gasteiger charge is -2.07. The molecule has 2 atom stereocenters. The maximum Gasteiger partial charge on any atom is 0.157 e. The van der Waals surface area contributed by atoms with Crippen molar-refractivity contribution in [3.05, 3.63) is 34.3 Å². The van der Waals surface area contributed by atoms with E-state index >= 15 is 0 Å². The first-order chi connectivity index (χ1) is 6.27. The molecule has 0 aliphatic carbocycles. The van der Waals surface area contributed by atoms with E-state index in [1.807, 2.05) is 24.3 Å². The summed E-state index contributed by atoms with van der Waals surface area (Å²) in [6.07, 6.45) is 0. The lowest BCUT2D eigenvalue weighted by atomic mass is 10.2. The molecule has 2 rings (SSSR count). The fraction of sp³-hybridized carbons (Fsp3) is 0.333. The lowest BCUT2D eigenvalue weighted by Crippen LogP contribution is -2.00. The van der Waals surface area contributed by atoms with Gasteiger partial charge in [-0.3, -0.25) is 4.21 Å². The van der Waals surface area contributed by atoms with Crippen molar-refractivity contribution in [1.29, 1.82) is 0 Å². The molecule has 1 fully saturated rings. The minimum atomic E-state index is -0.856. The van der Waals surface area contributed by atoms with E-state index < -0.39 is 10.8 Å². The summed E-state index contributed by atoms with van der Waals surface area (Å²) >= 11 is 3.35. The van der Waals surface area contributed by atoms with E-state index in [-0.39, 0.29) is 5.44 Å². The predicted octanol–water partition coefficient (Wildman–Crippen LogP) is 2.23. The fourth-order valence-electron chi connectivity index (χ4n) is 1.29. The predicted molar refractivity (Wildman–Crippen MR) is 55.8 cm³/mol. The summed E-state index contributed by atoms with van der Waals surface area (Å²) in [5, 5.41) is 0. The van der Waals surface area contributed by atoms with Gasteiger partial charge < -0.3 is 4.74 Å². The van der Waals surface area contributed by atoms with Crippen molar-refractivity contribution in [2.45, 2.75) is 5.44 Å². The van der Waals surface area contributed by atoms with E-state index in [9.17, 15) is 4.21 Å². The van der Waals surface area contributed by atoms with Gasteiger partial charge in [0.25, 0.3) is 0 Å². The number of halogens is 1. The molecule has 0 spiro atoms. The van der Waals surface area contributed by atoms with Gasteiger partial charge in [-0.15, -0.1) is 0 Å². The van der Waals surface area contributed by atoms with Crippen LogP contribution in [0.25, 0.3) is 0 Å². The van der Waals surface area contributed by atoms with Crippen LogP contribution in [0.15, 0.2) is 28.7 Å². The molecule has 0 saturated carbocycles. The second-order valence-corrected chi connectivity index (χ2v) is 5.35. The third kappa shape index (κ3) is 2.00. The van der Waals surface area contributed by atoms with Gasteiger partial charge in [0, 0.05) is 4.47 Å². The van der Waals surface area contributed by atoms with E-state index in [4.69, 9.17) is 4.74 Å². The largest absolute Gasteiger partial charge is 0.359 e. The van der Waals surface area contributed by atoms with Gasteiger partial charge in [0.1, 0.15) is 0 Å². The van der Waals surface area contributed by atoms with Crippen LogP contribution < -0.4 is 0 Å². The number of hydrogen-bond donors (Lipinski definition) is 0. The van der Waals surface area contributed by atoms with Gasteiger partial charge >= 0.3 is 0 Å². The average molecular weight is 261 g/mol. The summed E-state index contributed by atoms with van der Waals surface area (Å²) in [5.41, 5.74) is 0.784. The molecule has 2 unspecified atom stereocenters. The van der Waals surface area contributed by atoms with Gasteiger partial charge in [-0.2, -0.15) is 0 Å². The average Bonchev–Trinajstić information content (AvgIpc) is 2.53. The number of benzene rings is 1. The van der Waals surface area contributed by atoms with Crippen LogP contribution in [-0.2, 0) is 15.5 Å². The van der Waals surface area contributed by atoms with E-state index in [2.05, 4.69) is 15.9 Å². The zero-order valence-electron chi connectivity index (χ0n) is 6.90. The Morgan fingerprint density at radius 1 is 1.38 bits per heavy atom. The Morgan fingerprint density at radius 3 is 2.62 bits per heavy atom. The quantitative estimate of drug-likeness (QED) is 0.774. The summed E-state index contributed by atoms with van der Waals surface area (Å²) in [6, 6.07) is 7.76. The van der Waals surface area contributed by atoms with Crippen molar-refractivity contribution in [2.24, 2.45) is 0 Å². The van der Waals surface area contributed by atoms with E-state index in [1.54, 1.807) is 0 Å². The highest BCUT2D eigenvalue weighted by atomic mass is 79.9. The van der Waals surface area contributed by atoms with Crippen molar-refractivity contribution < 1.29 is 8.95 Å². The van der Waals surface area contributed by atoms with Crippen LogP contribution in [0.5, 0.6) is 0 Å². The highest BCUT2D eigenvalue weighted by Crippen LogP contribution is 2.27. The lowest BCUT2D eigenvalue weighted by molar-refractivity contribution is 0.143. The summed E-state index contributed by atoms with van der Waals surface area (Å²) in [7, 11) is -0.856. The second-order valence-electron chi connectivity index (χ2n) is 2.84. The zero-order chi connectivity index (χ0) is 9.26. The molecule has 0 bridgehead atoms. The molecule has 0 N–H and O–H groups in total. The normalized spacial score (nSPS) is 27.8. The Balaban J connectivity index is 2.25. The fourth-order valence-corrected chi connectivity index (χ4v) is 2.74.